The molecule has 0 spiro atoms. The summed E-state index contributed by atoms with van der Waals surface area (Å²) in [7, 11) is 0. The Balaban J connectivity index is 0.00000162. The van der Waals surface area contributed by atoms with E-state index in [0.717, 1.165) is 31.5 Å². The van der Waals surface area contributed by atoms with E-state index in [9.17, 15) is 5.11 Å². The highest BCUT2D eigenvalue weighted by Gasteiger charge is 2.28. The molecule has 0 aromatic heterocycles. The van der Waals surface area contributed by atoms with Crippen molar-refractivity contribution in [2.45, 2.75) is 44.8 Å². The summed E-state index contributed by atoms with van der Waals surface area (Å²) in [6.07, 6.45) is 4.43. The summed E-state index contributed by atoms with van der Waals surface area (Å²) in [5, 5.41) is 10.5. The third-order valence-corrected chi connectivity index (χ3v) is 3.70. The van der Waals surface area contributed by atoms with Crippen LogP contribution < -0.4 is 0 Å². The van der Waals surface area contributed by atoms with Crippen LogP contribution in [0.2, 0.25) is 0 Å². The van der Waals surface area contributed by atoms with Crippen LogP contribution in [0.1, 0.15) is 44.3 Å². The molecule has 1 fully saturated rings. The average Bonchev–Trinajstić information content (AvgIpc) is 2.90. The minimum atomic E-state index is -0.339. The van der Waals surface area contributed by atoms with E-state index in [-0.39, 0.29) is 18.5 Å². The van der Waals surface area contributed by atoms with Gasteiger partial charge >= 0.3 is 0 Å². The molecule has 1 aromatic carbocycles. The van der Waals surface area contributed by atoms with Crippen molar-refractivity contribution in [1.82, 2.24) is 4.90 Å². The van der Waals surface area contributed by atoms with Crippen LogP contribution in [0.5, 0.6) is 0 Å². The molecule has 18 heavy (non-hydrogen) atoms. The van der Waals surface area contributed by atoms with Crippen LogP contribution in [-0.2, 0) is 0 Å². The van der Waals surface area contributed by atoms with Gasteiger partial charge in [-0.15, -0.1) is 12.4 Å². The molecule has 2 nitrogen and oxygen atoms in total. The lowest BCUT2D eigenvalue weighted by atomic mass is 9.97. The molecule has 1 aliphatic heterocycles. The number of benzene rings is 1. The van der Waals surface area contributed by atoms with E-state index in [1.807, 2.05) is 30.3 Å². The molecular formula is C15H24ClNO. The fourth-order valence-electron chi connectivity index (χ4n) is 2.78. The Morgan fingerprint density at radius 1 is 1.17 bits per heavy atom. The van der Waals surface area contributed by atoms with E-state index < -0.39 is 0 Å². The summed E-state index contributed by atoms with van der Waals surface area (Å²) in [4.78, 5) is 2.46. The molecule has 1 aliphatic rings. The van der Waals surface area contributed by atoms with Crippen LogP contribution >= 0.6 is 12.4 Å². The summed E-state index contributed by atoms with van der Waals surface area (Å²) >= 11 is 0. The van der Waals surface area contributed by atoms with E-state index in [1.165, 1.54) is 12.8 Å². The first-order valence-corrected chi connectivity index (χ1v) is 6.80. The Morgan fingerprint density at radius 2 is 1.78 bits per heavy atom. The van der Waals surface area contributed by atoms with Gasteiger partial charge in [0.2, 0.25) is 0 Å². The monoisotopic (exact) mass is 269 g/mol. The minimum Gasteiger partial charge on any atom is -0.387 e. The molecule has 1 aromatic rings. The van der Waals surface area contributed by atoms with Crippen molar-refractivity contribution in [3.05, 3.63) is 35.9 Å². The van der Waals surface area contributed by atoms with Crippen molar-refractivity contribution < 1.29 is 5.11 Å². The van der Waals surface area contributed by atoms with Crippen molar-refractivity contribution in [1.29, 1.82) is 0 Å². The second-order valence-electron chi connectivity index (χ2n) is 4.95. The Bertz CT molecular complexity index is 325. The molecule has 0 saturated carbocycles. The van der Waals surface area contributed by atoms with Crippen molar-refractivity contribution in [2.75, 3.05) is 13.1 Å². The first kappa shape index (κ1) is 15.5. The van der Waals surface area contributed by atoms with Gasteiger partial charge in [-0.05, 0) is 37.9 Å². The van der Waals surface area contributed by atoms with Gasteiger partial charge in [0.05, 0.1) is 6.10 Å². The van der Waals surface area contributed by atoms with E-state index in [2.05, 4.69) is 11.8 Å². The minimum absolute atomic E-state index is 0. The number of likely N-dealkylation sites (tertiary alicyclic amines) is 1. The van der Waals surface area contributed by atoms with Crippen molar-refractivity contribution >= 4 is 12.4 Å². The fourth-order valence-corrected chi connectivity index (χ4v) is 2.78. The maximum Gasteiger partial charge on any atom is 0.0945 e. The molecule has 2 unspecified atom stereocenters. The molecule has 0 radical (unpaired) electrons. The Hall–Kier alpha value is -0.570. The highest BCUT2D eigenvalue weighted by molar-refractivity contribution is 5.85. The molecular weight excluding hydrogens is 246 g/mol. The second-order valence-corrected chi connectivity index (χ2v) is 4.95. The van der Waals surface area contributed by atoms with Crippen LogP contribution in [0.4, 0.5) is 0 Å². The predicted molar refractivity (Wildman–Crippen MR) is 78.2 cm³/mol. The molecule has 0 amide bonds. The van der Waals surface area contributed by atoms with Crippen molar-refractivity contribution in [3.63, 3.8) is 0 Å². The SMILES string of the molecule is CCCC(C(O)c1ccccc1)N1CCCC1.Cl. The van der Waals surface area contributed by atoms with Gasteiger partial charge in [-0.25, -0.2) is 0 Å². The van der Waals surface area contributed by atoms with Gasteiger partial charge in [0, 0.05) is 6.04 Å². The van der Waals surface area contributed by atoms with E-state index in [4.69, 9.17) is 0 Å². The molecule has 0 aliphatic carbocycles. The number of nitrogens with zero attached hydrogens (tertiary/aromatic N) is 1. The maximum absolute atomic E-state index is 10.5. The first-order valence-electron chi connectivity index (χ1n) is 6.80. The predicted octanol–water partition coefficient (Wildman–Crippen LogP) is 3.41. The Labute approximate surface area is 116 Å². The molecule has 1 heterocycles. The summed E-state index contributed by atoms with van der Waals surface area (Å²) in [6, 6.07) is 10.4. The zero-order valence-electron chi connectivity index (χ0n) is 11.1. The van der Waals surface area contributed by atoms with Crippen LogP contribution in [0.3, 0.4) is 0 Å². The lowest BCUT2D eigenvalue weighted by Gasteiger charge is -2.31. The normalized spacial score (nSPS) is 19.2. The zero-order valence-corrected chi connectivity index (χ0v) is 11.9. The molecule has 1 N–H and O–H groups in total. The van der Waals surface area contributed by atoms with Crippen LogP contribution in [0, 0.1) is 0 Å². The average molecular weight is 270 g/mol. The van der Waals surface area contributed by atoms with Crippen LogP contribution in [-0.4, -0.2) is 29.1 Å². The topological polar surface area (TPSA) is 23.5 Å². The van der Waals surface area contributed by atoms with Gasteiger partial charge in [0.1, 0.15) is 0 Å². The van der Waals surface area contributed by atoms with Gasteiger partial charge < -0.3 is 5.11 Å². The van der Waals surface area contributed by atoms with E-state index >= 15 is 0 Å². The van der Waals surface area contributed by atoms with Gasteiger partial charge in [0.15, 0.2) is 0 Å². The highest BCUT2D eigenvalue weighted by Crippen LogP contribution is 2.27. The second kappa shape index (κ2) is 7.78. The maximum atomic E-state index is 10.5. The summed E-state index contributed by atoms with van der Waals surface area (Å²) < 4.78 is 0. The lowest BCUT2D eigenvalue weighted by Crippen LogP contribution is -2.37. The molecule has 2 rings (SSSR count). The fraction of sp³-hybridized carbons (Fsp3) is 0.600. The van der Waals surface area contributed by atoms with Gasteiger partial charge in [-0.3, -0.25) is 4.90 Å². The largest absolute Gasteiger partial charge is 0.387 e. The van der Waals surface area contributed by atoms with Crippen LogP contribution in [0.15, 0.2) is 30.3 Å². The standard InChI is InChI=1S/C15H23NO.ClH/c1-2-8-14(16-11-6-7-12-16)15(17)13-9-4-3-5-10-13;/h3-5,9-10,14-15,17H,2,6-8,11-12H2,1H3;1H. The number of aliphatic hydroxyl groups is 1. The summed E-state index contributed by atoms with van der Waals surface area (Å²) in [5.41, 5.74) is 1.05. The number of hydrogen-bond donors (Lipinski definition) is 1. The van der Waals surface area contributed by atoms with Gasteiger partial charge in [0.25, 0.3) is 0 Å². The highest BCUT2D eigenvalue weighted by atomic mass is 35.5. The summed E-state index contributed by atoms with van der Waals surface area (Å²) in [5.74, 6) is 0. The van der Waals surface area contributed by atoms with Gasteiger partial charge in [-0.2, -0.15) is 0 Å². The molecule has 102 valence electrons. The number of rotatable bonds is 5. The third kappa shape index (κ3) is 3.71. The molecule has 3 heteroatoms. The first-order chi connectivity index (χ1) is 8.33. The number of hydrogen-bond acceptors (Lipinski definition) is 2. The van der Waals surface area contributed by atoms with E-state index in [1.54, 1.807) is 0 Å². The van der Waals surface area contributed by atoms with Gasteiger partial charge in [-0.1, -0.05) is 43.7 Å². The van der Waals surface area contributed by atoms with Crippen molar-refractivity contribution in [2.24, 2.45) is 0 Å². The third-order valence-electron chi connectivity index (χ3n) is 3.70. The number of aliphatic hydroxyl groups excluding tert-OH is 1. The molecule has 2 atom stereocenters. The smallest absolute Gasteiger partial charge is 0.0945 e. The number of halogens is 1. The molecule has 0 bridgehead atoms. The lowest BCUT2D eigenvalue weighted by molar-refractivity contribution is 0.0558. The van der Waals surface area contributed by atoms with E-state index in [0.29, 0.717) is 6.04 Å². The van der Waals surface area contributed by atoms with Crippen LogP contribution in [0.25, 0.3) is 0 Å². The Morgan fingerprint density at radius 3 is 2.33 bits per heavy atom. The zero-order chi connectivity index (χ0) is 12.1. The molecule has 1 saturated heterocycles. The van der Waals surface area contributed by atoms with Crippen molar-refractivity contribution in [3.8, 4) is 0 Å². The summed E-state index contributed by atoms with van der Waals surface area (Å²) in [6.45, 7) is 4.49. The Kier molecular flexibility index (Phi) is 6.69. The quantitative estimate of drug-likeness (QED) is 0.886.